The van der Waals surface area contributed by atoms with Gasteiger partial charge in [-0.2, -0.15) is 0 Å². The number of ether oxygens (including phenoxy) is 1. The Bertz CT molecular complexity index is 1160. The average Bonchev–Trinajstić information content (AvgIpc) is 3.04. The van der Waals surface area contributed by atoms with Crippen molar-refractivity contribution in [1.29, 1.82) is 0 Å². The lowest BCUT2D eigenvalue weighted by molar-refractivity contribution is -0.0569. The van der Waals surface area contributed by atoms with Crippen molar-refractivity contribution in [2.45, 2.75) is 30.2 Å². The summed E-state index contributed by atoms with van der Waals surface area (Å²) in [7, 11) is -3.15. The van der Waals surface area contributed by atoms with Crippen molar-refractivity contribution in [2.75, 3.05) is 5.32 Å². The fraction of sp³-hybridized carbons (Fsp3) is 0.294. The van der Waals surface area contributed by atoms with Crippen molar-refractivity contribution in [3.05, 3.63) is 48.5 Å². The van der Waals surface area contributed by atoms with Crippen LogP contribution in [0, 0.1) is 0 Å². The minimum atomic E-state index is -3.15. The maximum atomic E-state index is 15.1. The summed E-state index contributed by atoms with van der Waals surface area (Å²) in [5.74, 6) is -0.287. The van der Waals surface area contributed by atoms with Gasteiger partial charge in [-0.25, -0.2) is 19.3 Å². The van der Waals surface area contributed by atoms with Crippen LogP contribution in [0.25, 0.3) is 11.2 Å². The van der Waals surface area contributed by atoms with Gasteiger partial charge in [0, 0.05) is 10.1 Å². The largest absolute Gasteiger partial charge is 0.695 e. The van der Waals surface area contributed by atoms with E-state index in [4.69, 9.17) is 14.2 Å². The molecular formula is C17H14FN5O6P+. The first kappa shape index (κ1) is 19.1. The zero-order chi connectivity index (χ0) is 21.0. The minimum absolute atomic E-state index is 0.121. The third-order valence-corrected chi connectivity index (χ3v) is 5.66. The van der Waals surface area contributed by atoms with Crippen molar-refractivity contribution in [2.24, 2.45) is 0 Å². The van der Waals surface area contributed by atoms with Crippen LogP contribution in [-0.4, -0.2) is 59.4 Å². The number of carbonyl (C=O) groups excluding carboxylic acids is 1. The van der Waals surface area contributed by atoms with Crippen LogP contribution in [0.2, 0.25) is 0 Å². The summed E-state index contributed by atoms with van der Waals surface area (Å²) in [5.41, 5.74) is -1.14. The summed E-state index contributed by atoms with van der Waals surface area (Å²) in [6.07, 6.45) is -3.29. The monoisotopic (exact) mass is 434 g/mol. The highest BCUT2D eigenvalue weighted by molar-refractivity contribution is 7.32. The topological polar surface area (TPSA) is 149 Å². The van der Waals surface area contributed by atoms with Crippen molar-refractivity contribution < 1.29 is 33.0 Å². The summed E-state index contributed by atoms with van der Waals surface area (Å²) >= 11 is 0. The Labute approximate surface area is 168 Å². The van der Waals surface area contributed by atoms with Gasteiger partial charge in [0.15, 0.2) is 29.4 Å². The fourth-order valence-electron chi connectivity index (χ4n) is 3.68. The van der Waals surface area contributed by atoms with Crippen LogP contribution in [0.5, 0.6) is 0 Å². The van der Waals surface area contributed by atoms with Crippen LogP contribution in [0.1, 0.15) is 16.6 Å². The van der Waals surface area contributed by atoms with E-state index in [9.17, 15) is 14.5 Å². The van der Waals surface area contributed by atoms with Gasteiger partial charge in [-0.15, -0.1) is 9.42 Å². The molecule has 0 radical (unpaired) electrons. The predicted octanol–water partition coefficient (Wildman–Crippen LogP) is 1.09. The van der Waals surface area contributed by atoms with Crippen molar-refractivity contribution in [1.82, 2.24) is 19.5 Å². The molecule has 0 bridgehead atoms. The Hall–Kier alpha value is -2.89. The van der Waals surface area contributed by atoms with Crippen LogP contribution in [0.15, 0.2) is 43.0 Å². The number of alkyl halides is 1. The highest BCUT2D eigenvalue weighted by Crippen LogP contribution is 2.60. The van der Waals surface area contributed by atoms with Gasteiger partial charge in [-0.3, -0.25) is 9.36 Å². The maximum absolute atomic E-state index is 15.1. The Morgan fingerprint density at radius 2 is 2.07 bits per heavy atom. The van der Waals surface area contributed by atoms with E-state index in [2.05, 4.69) is 20.3 Å². The molecule has 1 saturated carbocycles. The second-order valence-corrected chi connectivity index (χ2v) is 7.50. The van der Waals surface area contributed by atoms with Crippen LogP contribution < -0.4 is 5.32 Å². The number of fused-ring (bicyclic) bond motifs is 2. The van der Waals surface area contributed by atoms with Crippen molar-refractivity contribution in [3.63, 3.8) is 0 Å². The number of amides is 1. The van der Waals surface area contributed by atoms with Crippen LogP contribution in [0.4, 0.5) is 10.2 Å². The number of carbonyl (C=O) groups is 1. The standard InChI is InChI=1S/C17H13FN5O6P/c18-10-16(28-12-11(24)17(10,12)29-30(26)27)23-7-21-9-13(19-6-20-14(9)23)22-15(25)8-4-2-1-3-5-8/h1-7,10-12,16,24H,(H-,19,20,22,25,26,27)/p+1/t10-,11?,12+,16+,17+/m0/s1. The average molecular weight is 434 g/mol. The number of aliphatic hydroxyl groups is 1. The third-order valence-electron chi connectivity index (χ3n) is 5.19. The molecule has 6 atom stereocenters. The number of anilines is 1. The zero-order valence-electron chi connectivity index (χ0n) is 15.0. The number of rotatable bonds is 5. The SMILES string of the molecule is O=C(Nc1ncnc2c1ncn2[C@@H]1O[C@@H]2C(O)[C@]2(O[P+](=O)O)[C@H]1F)c1ccccc1. The molecule has 1 saturated heterocycles. The first-order valence-electron chi connectivity index (χ1n) is 8.80. The number of benzene rings is 1. The fourth-order valence-corrected chi connectivity index (χ4v) is 4.26. The molecule has 0 spiro atoms. The lowest BCUT2D eigenvalue weighted by Gasteiger charge is -2.20. The molecular weight excluding hydrogens is 420 g/mol. The lowest BCUT2D eigenvalue weighted by Crippen LogP contribution is -2.34. The quantitative estimate of drug-likeness (QED) is 0.502. The Morgan fingerprint density at radius 3 is 2.80 bits per heavy atom. The maximum Gasteiger partial charge on any atom is 0.695 e. The molecule has 3 N–H and O–H groups in total. The van der Waals surface area contributed by atoms with Crippen molar-refractivity contribution in [3.8, 4) is 0 Å². The van der Waals surface area contributed by atoms with Gasteiger partial charge in [-0.1, -0.05) is 18.2 Å². The molecule has 30 heavy (non-hydrogen) atoms. The molecule has 11 nitrogen and oxygen atoms in total. The van der Waals surface area contributed by atoms with Gasteiger partial charge in [0.25, 0.3) is 5.91 Å². The normalized spacial score (nSPS) is 30.2. The summed E-state index contributed by atoms with van der Waals surface area (Å²) in [6, 6.07) is 8.48. The molecule has 1 aliphatic heterocycles. The number of hydrogen-bond acceptors (Lipinski definition) is 8. The van der Waals surface area contributed by atoms with E-state index in [0.29, 0.717) is 5.56 Å². The summed E-state index contributed by atoms with van der Waals surface area (Å²) < 4.78 is 37.7. The van der Waals surface area contributed by atoms with Gasteiger partial charge in [0.05, 0.1) is 6.33 Å². The zero-order valence-corrected chi connectivity index (χ0v) is 15.9. The first-order chi connectivity index (χ1) is 14.4. The second-order valence-electron chi connectivity index (χ2n) is 6.84. The van der Waals surface area contributed by atoms with Crippen LogP contribution in [-0.2, 0) is 13.8 Å². The highest BCUT2D eigenvalue weighted by Gasteiger charge is 2.83. The second kappa shape index (κ2) is 6.83. The number of aromatic nitrogens is 4. The molecule has 3 aromatic rings. The minimum Gasteiger partial charge on any atom is -0.387 e. The Balaban J connectivity index is 1.45. The number of imidazole rings is 1. The van der Waals surface area contributed by atoms with Crippen LogP contribution in [0.3, 0.4) is 0 Å². The number of nitrogens with zero attached hydrogens (tertiary/aromatic N) is 4. The molecule has 5 rings (SSSR count). The van der Waals surface area contributed by atoms with Gasteiger partial charge in [0.1, 0.15) is 18.5 Å². The molecule has 2 aromatic heterocycles. The predicted molar refractivity (Wildman–Crippen MR) is 98.2 cm³/mol. The number of hydrogen-bond donors (Lipinski definition) is 3. The van der Waals surface area contributed by atoms with E-state index in [1.807, 2.05) is 0 Å². The van der Waals surface area contributed by atoms with Crippen LogP contribution >= 0.6 is 8.25 Å². The number of aliphatic hydroxyl groups excluding tert-OH is 1. The molecule has 3 heterocycles. The summed E-state index contributed by atoms with van der Waals surface area (Å²) in [4.78, 5) is 33.7. The number of halogens is 1. The van der Waals surface area contributed by atoms with E-state index in [0.717, 1.165) is 0 Å². The molecule has 1 aromatic carbocycles. The van der Waals surface area contributed by atoms with Gasteiger partial charge >= 0.3 is 8.25 Å². The Kier molecular flexibility index (Phi) is 4.34. The van der Waals surface area contributed by atoms with Gasteiger partial charge < -0.3 is 15.2 Å². The van der Waals surface area contributed by atoms with E-state index < -0.39 is 44.4 Å². The van der Waals surface area contributed by atoms with Gasteiger partial charge in [0.2, 0.25) is 5.60 Å². The lowest BCUT2D eigenvalue weighted by atomic mass is 10.2. The highest BCUT2D eigenvalue weighted by atomic mass is 31.1. The van der Waals surface area contributed by atoms with Crippen molar-refractivity contribution >= 4 is 31.1 Å². The number of nitrogens with one attached hydrogen (secondary N) is 1. The molecule has 1 amide bonds. The summed E-state index contributed by atoms with van der Waals surface area (Å²) in [5, 5.41) is 12.5. The van der Waals surface area contributed by atoms with E-state index in [-0.39, 0.29) is 17.0 Å². The first-order valence-corrected chi connectivity index (χ1v) is 9.93. The van der Waals surface area contributed by atoms with E-state index in [1.54, 1.807) is 30.3 Å². The van der Waals surface area contributed by atoms with Gasteiger partial charge in [-0.05, 0) is 12.1 Å². The molecule has 2 fully saturated rings. The van der Waals surface area contributed by atoms with E-state index >= 15 is 4.39 Å². The summed E-state index contributed by atoms with van der Waals surface area (Å²) in [6.45, 7) is 0. The van der Waals surface area contributed by atoms with E-state index in [1.165, 1.54) is 17.2 Å². The smallest absolute Gasteiger partial charge is 0.387 e. The Morgan fingerprint density at radius 1 is 1.30 bits per heavy atom. The molecule has 154 valence electrons. The molecule has 2 aliphatic rings. The third kappa shape index (κ3) is 2.73. The molecule has 2 unspecified atom stereocenters. The molecule has 1 aliphatic carbocycles. The molecule has 13 heteroatoms.